The highest BCUT2D eigenvalue weighted by Crippen LogP contribution is 2.13. The molecule has 2 rings (SSSR count). The van der Waals surface area contributed by atoms with E-state index in [4.69, 9.17) is 0 Å². The molecule has 0 saturated carbocycles. The van der Waals surface area contributed by atoms with Crippen LogP contribution in [0.25, 0.3) is 0 Å². The van der Waals surface area contributed by atoms with Gasteiger partial charge < -0.3 is 10.4 Å². The molecule has 0 aliphatic rings. The Balaban J connectivity index is 1.86. The van der Waals surface area contributed by atoms with E-state index in [1.165, 1.54) is 0 Å². The zero-order chi connectivity index (χ0) is 15.2. The normalized spacial score (nSPS) is 11.8. The smallest absolute Gasteiger partial charge is 0.320 e. The first-order chi connectivity index (χ1) is 10.0. The molecule has 0 fully saturated rings. The van der Waals surface area contributed by atoms with E-state index in [1.807, 2.05) is 50.2 Å². The number of aryl methyl sites for hydroxylation is 2. The third kappa shape index (κ3) is 4.57. The molecule has 5 nitrogen and oxygen atoms in total. The second kappa shape index (κ2) is 6.85. The Hall–Kier alpha value is -2.40. The molecule has 0 aliphatic heterocycles. The first kappa shape index (κ1) is 15.0. The number of rotatable bonds is 4. The molecule has 2 aromatic rings. The van der Waals surface area contributed by atoms with Gasteiger partial charge in [-0.3, -0.25) is 5.32 Å². The van der Waals surface area contributed by atoms with Crippen LogP contribution in [-0.2, 0) is 0 Å². The Kier molecular flexibility index (Phi) is 4.90. The van der Waals surface area contributed by atoms with Crippen LogP contribution in [0.4, 0.5) is 10.6 Å². The second-order valence-corrected chi connectivity index (χ2v) is 4.93. The SMILES string of the molecule is Cc1cccc([C@@H](O)CNC(=O)Nc2cccc(C)n2)c1. The van der Waals surface area contributed by atoms with Gasteiger partial charge in [-0.1, -0.05) is 35.9 Å². The van der Waals surface area contributed by atoms with Crippen LogP contribution < -0.4 is 10.6 Å². The minimum Gasteiger partial charge on any atom is -0.387 e. The number of nitrogens with zero attached hydrogens (tertiary/aromatic N) is 1. The Bertz CT molecular complexity index is 628. The highest BCUT2D eigenvalue weighted by molar-refractivity contribution is 5.88. The van der Waals surface area contributed by atoms with Crippen LogP contribution in [0.15, 0.2) is 42.5 Å². The van der Waals surface area contributed by atoms with Gasteiger partial charge in [-0.2, -0.15) is 0 Å². The molecule has 0 bridgehead atoms. The van der Waals surface area contributed by atoms with Crippen molar-refractivity contribution in [1.82, 2.24) is 10.3 Å². The molecule has 1 aromatic heterocycles. The van der Waals surface area contributed by atoms with E-state index in [0.717, 1.165) is 16.8 Å². The number of carbonyl (C=O) groups is 1. The van der Waals surface area contributed by atoms with Gasteiger partial charge in [-0.25, -0.2) is 9.78 Å². The van der Waals surface area contributed by atoms with Crippen molar-refractivity contribution >= 4 is 11.8 Å². The number of hydrogen-bond acceptors (Lipinski definition) is 3. The summed E-state index contributed by atoms with van der Waals surface area (Å²) in [5.74, 6) is 0.484. The molecule has 0 saturated heterocycles. The summed E-state index contributed by atoms with van der Waals surface area (Å²) in [6.07, 6.45) is -0.735. The van der Waals surface area contributed by atoms with Gasteiger partial charge in [0.1, 0.15) is 5.82 Å². The fourth-order valence-electron chi connectivity index (χ4n) is 1.96. The summed E-state index contributed by atoms with van der Waals surface area (Å²) in [4.78, 5) is 15.9. The molecule has 0 radical (unpaired) electrons. The summed E-state index contributed by atoms with van der Waals surface area (Å²) >= 11 is 0. The topological polar surface area (TPSA) is 74.2 Å². The zero-order valence-corrected chi connectivity index (χ0v) is 12.1. The van der Waals surface area contributed by atoms with Crippen molar-refractivity contribution in [2.75, 3.05) is 11.9 Å². The van der Waals surface area contributed by atoms with Crippen LogP contribution in [0.2, 0.25) is 0 Å². The minimum atomic E-state index is -0.735. The molecule has 0 unspecified atom stereocenters. The first-order valence-corrected chi connectivity index (χ1v) is 6.78. The number of carbonyl (C=O) groups excluding carboxylic acids is 1. The first-order valence-electron chi connectivity index (χ1n) is 6.78. The van der Waals surface area contributed by atoms with Crippen LogP contribution >= 0.6 is 0 Å². The molecule has 21 heavy (non-hydrogen) atoms. The third-order valence-corrected chi connectivity index (χ3v) is 3.01. The summed E-state index contributed by atoms with van der Waals surface area (Å²) in [7, 11) is 0. The standard InChI is InChI=1S/C16H19N3O2/c1-11-5-3-7-13(9-11)14(20)10-17-16(21)19-15-8-4-6-12(2)18-15/h3-9,14,20H,10H2,1-2H3,(H2,17,18,19,21)/t14-/m0/s1. The Morgan fingerprint density at radius 1 is 1.24 bits per heavy atom. The van der Waals surface area contributed by atoms with Crippen molar-refractivity contribution in [3.05, 3.63) is 59.3 Å². The highest BCUT2D eigenvalue weighted by Gasteiger charge is 2.10. The van der Waals surface area contributed by atoms with Crippen LogP contribution in [0.3, 0.4) is 0 Å². The fourth-order valence-corrected chi connectivity index (χ4v) is 1.96. The van der Waals surface area contributed by atoms with Gasteiger partial charge in [0.2, 0.25) is 0 Å². The third-order valence-electron chi connectivity index (χ3n) is 3.01. The molecule has 2 amide bonds. The average Bonchev–Trinajstić information content (AvgIpc) is 2.45. The second-order valence-electron chi connectivity index (χ2n) is 4.93. The van der Waals surface area contributed by atoms with Crippen LogP contribution in [0, 0.1) is 13.8 Å². The number of amides is 2. The van der Waals surface area contributed by atoms with Crippen molar-refractivity contribution in [1.29, 1.82) is 0 Å². The number of pyridine rings is 1. The lowest BCUT2D eigenvalue weighted by Gasteiger charge is -2.13. The lowest BCUT2D eigenvalue weighted by molar-refractivity contribution is 0.175. The van der Waals surface area contributed by atoms with Crippen molar-refractivity contribution < 1.29 is 9.90 Å². The predicted molar refractivity (Wildman–Crippen MR) is 82.1 cm³/mol. The van der Waals surface area contributed by atoms with Crippen molar-refractivity contribution in [2.45, 2.75) is 20.0 Å². The molecule has 3 N–H and O–H groups in total. The van der Waals surface area contributed by atoms with E-state index in [9.17, 15) is 9.90 Å². The number of aliphatic hydroxyl groups excluding tert-OH is 1. The number of urea groups is 1. The van der Waals surface area contributed by atoms with Gasteiger partial charge >= 0.3 is 6.03 Å². The number of hydrogen-bond donors (Lipinski definition) is 3. The van der Waals surface area contributed by atoms with Gasteiger partial charge in [0.25, 0.3) is 0 Å². The molecule has 5 heteroatoms. The quantitative estimate of drug-likeness (QED) is 0.808. The van der Waals surface area contributed by atoms with Crippen molar-refractivity contribution in [3.63, 3.8) is 0 Å². The fraction of sp³-hybridized carbons (Fsp3) is 0.250. The number of anilines is 1. The number of aromatic nitrogens is 1. The van der Waals surface area contributed by atoms with Crippen LogP contribution in [0.1, 0.15) is 22.9 Å². The van der Waals surface area contributed by atoms with E-state index >= 15 is 0 Å². The molecular weight excluding hydrogens is 266 g/mol. The van der Waals surface area contributed by atoms with Gasteiger partial charge in [0, 0.05) is 12.2 Å². The highest BCUT2D eigenvalue weighted by atomic mass is 16.3. The Labute approximate surface area is 124 Å². The molecule has 1 aromatic carbocycles. The average molecular weight is 285 g/mol. The summed E-state index contributed by atoms with van der Waals surface area (Å²) < 4.78 is 0. The van der Waals surface area contributed by atoms with Crippen molar-refractivity contribution in [2.24, 2.45) is 0 Å². The van der Waals surface area contributed by atoms with E-state index in [2.05, 4.69) is 15.6 Å². The predicted octanol–water partition coefficient (Wildman–Crippen LogP) is 2.55. The van der Waals surface area contributed by atoms with Crippen LogP contribution in [0.5, 0.6) is 0 Å². The van der Waals surface area contributed by atoms with Crippen LogP contribution in [-0.4, -0.2) is 22.7 Å². The summed E-state index contributed by atoms with van der Waals surface area (Å²) in [5.41, 5.74) is 2.68. The molecule has 110 valence electrons. The Morgan fingerprint density at radius 2 is 2.00 bits per heavy atom. The van der Waals surface area contributed by atoms with E-state index in [0.29, 0.717) is 5.82 Å². The van der Waals surface area contributed by atoms with E-state index in [1.54, 1.807) is 6.07 Å². The number of benzene rings is 1. The maximum absolute atomic E-state index is 11.8. The van der Waals surface area contributed by atoms with Gasteiger partial charge in [-0.15, -0.1) is 0 Å². The summed E-state index contributed by atoms with van der Waals surface area (Å²) in [5, 5.41) is 15.3. The van der Waals surface area contributed by atoms with Gasteiger partial charge in [0.15, 0.2) is 0 Å². The summed E-state index contributed by atoms with van der Waals surface area (Å²) in [6.45, 7) is 3.95. The van der Waals surface area contributed by atoms with E-state index < -0.39 is 6.10 Å². The maximum atomic E-state index is 11.8. The Morgan fingerprint density at radius 3 is 2.71 bits per heavy atom. The summed E-state index contributed by atoms with van der Waals surface area (Å²) in [6, 6.07) is 12.6. The van der Waals surface area contributed by atoms with Gasteiger partial charge in [0.05, 0.1) is 6.10 Å². The zero-order valence-electron chi connectivity index (χ0n) is 12.1. The molecule has 1 atom stereocenters. The molecular formula is C16H19N3O2. The van der Waals surface area contributed by atoms with Crippen molar-refractivity contribution in [3.8, 4) is 0 Å². The monoisotopic (exact) mass is 285 g/mol. The van der Waals surface area contributed by atoms with E-state index in [-0.39, 0.29) is 12.6 Å². The maximum Gasteiger partial charge on any atom is 0.320 e. The lowest BCUT2D eigenvalue weighted by atomic mass is 10.1. The molecule has 1 heterocycles. The molecule has 0 aliphatic carbocycles. The molecule has 0 spiro atoms. The minimum absolute atomic E-state index is 0.140. The number of nitrogens with one attached hydrogen (secondary N) is 2. The largest absolute Gasteiger partial charge is 0.387 e. The number of aliphatic hydroxyl groups is 1. The van der Waals surface area contributed by atoms with Gasteiger partial charge in [-0.05, 0) is 31.5 Å². The lowest BCUT2D eigenvalue weighted by Crippen LogP contribution is -2.32.